The molecule has 0 bridgehead atoms. The van der Waals surface area contributed by atoms with E-state index in [4.69, 9.17) is 0 Å². The van der Waals surface area contributed by atoms with E-state index in [1.807, 2.05) is 12.1 Å². The summed E-state index contributed by atoms with van der Waals surface area (Å²) >= 11 is 0. The Kier molecular flexibility index (Phi) is 3.27. The zero-order valence-electron chi connectivity index (χ0n) is 7.44. The molecule has 1 heteroatoms. The molecule has 0 aliphatic carbocycles. The lowest BCUT2D eigenvalue weighted by Gasteiger charge is -2.01. The maximum atomic E-state index is 13.0. The molecule has 0 aliphatic heterocycles. The summed E-state index contributed by atoms with van der Waals surface area (Å²) in [7, 11) is 0. The summed E-state index contributed by atoms with van der Waals surface area (Å²) in [6.07, 6.45) is 2.87. The molecule has 0 aliphatic rings. The molecule has 0 N–H and O–H groups in total. The minimum Gasteiger partial charge on any atom is -0.207 e. The van der Waals surface area contributed by atoms with Crippen LogP contribution >= 0.6 is 0 Å². The number of halogens is 1. The molecule has 0 amide bonds. The normalized spacial score (nSPS) is 10.2. The third-order valence-corrected chi connectivity index (χ3v) is 1.95. The molecule has 65 valence electrons. The fourth-order valence-corrected chi connectivity index (χ4v) is 1.12. The van der Waals surface area contributed by atoms with Crippen molar-refractivity contribution in [3.8, 4) is 0 Å². The van der Waals surface area contributed by atoms with Crippen molar-refractivity contribution in [3.05, 3.63) is 42.1 Å². The number of aryl methyl sites for hydroxylation is 2. The topological polar surface area (TPSA) is 0 Å². The summed E-state index contributed by atoms with van der Waals surface area (Å²) in [5.74, 6) is -0.100. The van der Waals surface area contributed by atoms with Gasteiger partial charge in [0.1, 0.15) is 5.82 Å². The van der Waals surface area contributed by atoms with Crippen molar-refractivity contribution < 1.29 is 4.39 Å². The van der Waals surface area contributed by atoms with Gasteiger partial charge in [0, 0.05) is 0 Å². The number of rotatable bonds is 3. The molecule has 1 aromatic rings. The first kappa shape index (κ1) is 9.24. The standard InChI is InChI=1S/C11H14F/c1-3-4-5-10-7-6-9(2)11(12)8-10/h6-8H,1,3-5H2,2H3. The molecule has 1 radical (unpaired) electrons. The highest BCUT2D eigenvalue weighted by Crippen LogP contribution is 2.11. The van der Waals surface area contributed by atoms with E-state index in [1.165, 1.54) is 0 Å². The summed E-state index contributed by atoms with van der Waals surface area (Å²) in [6.45, 7) is 5.53. The van der Waals surface area contributed by atoms with Crippen LogP contribution in [0.3, 0.4) is 0 Å². The lowest BCUT2D eigenvalue weighted by atomic mass is 10.1. The average molecular weight is 165 g/mol. The maximum absolute atomic E-state index is 13.0. The Morgan fingerprint density at radius 1 is 1.42 bits per heavy atom. The van der Waals surface area contributed by atoms with Gasteiger partial charge in [0.2, 0.25) is 0 Å². The van der Waals surface area contributed by atoms with E-state index in [-0.39, 0.29) is 5.82 Å². The average Bonchev–Trinajstić information content (AvgIpc) is 2.07. The summed E-state index contributed by atoms with van der Waals surface area (Å²) in [5, 5.41) is 0. The van der Waals surface area contributed by atoms with Crippen LogP contribution in [0.1, 0.15) is 24.0 Å². The third-order valence-electron chi connectivity index (χ3n) is 1.95. The Hall–Kier alpha value is -0.850. The largest absolute Gasteiger partial charge is 0.207 e. The van der Waals surface area contributed by atoms with Crippen LogP contribution in [0.5, 0.6) is 0 Å². The molecular formula is C11H14F. The highest BCUT2D eigenvalue weighted by molar-refractivity contribution is 5.23. The Balaban J connectivity index is 2.69. The van der Waals surface area contributed by atoms with Gasteiger partial charge in [0.15, 0.2) is 0 Å². The predicted octanol–water partition coefficient (Wildman–Crippen LogP) is 3.29. The smallest absolute Gasteiger partial charge is 0.126 e. The first-order chi connectivity index (χ1) is 5.74. The van der Waals surface area contributed by atoms with Crippen LogP contribution in [0.25, 0.3) is 0 Å². The minimum atomic E-state index is -0.100. The highest BCUT2D eigenvalue weighted by atomic mass is 19.1. The zero-order chi connectivity index (χ0) is 8.97. The van der Waals surface area contributed by atoms with E-state index in [9.17, 15) is 4.39 Å². The molecule has 0 nitrogen and oxygen atoms in total. The minimum absolute atomic E-state index is 0.100. The van der Waals surface area contributed by atoms with Crippen LogP contribution in [-0.2, 0) is 6.42 Å². The van der Waals surface area contributed by atoms with Crippen molar-refractivity contribution in [1.82, 2.24) is 0 Å². The third kappa shape index (κ3) is 2.33. The molecule has 0 saturated carbocycles. The first-order valence-corrected chi connectivity index (χ1v) is 4.28. The van der Waals surface area contributed by atoms with Gasteiger partial charge in [-0.1, -0.05) is 25.5 Å². The van der Waals surface area contributed by atoms with Gasteiger partial charge in [-0.25, -0.2) is 4.39 Å². The molecule has 0 unspecified atom stereocenters. The Labute approximate surface area is 73.4 Å². The second-order valence-electron chi connectivity index (χ2n) is 3.04. The molecule has 0 aromatic heterocycles. The van der Waals surface area contributed by atoms with E-state index in [2.05, 4.69) is 6.92 Å². The molecule has 0 saturated heterocycles. The van der Waals surface area contributed by atoms with Gasteiger partial charge in [0.05, 0.1) is 0 Å². The first-order valence-electron chi connectivity index (χ1n) is 4.28. The lowest BCUT2D eigenvalue weighted by molar-refractivity contribution is 0.615. The van der Waals surface area contributed by atoms with Crippen LogP contribution in [0, 0.1) is 19.7 Å². The Morgan fingerprint density at radius 3 is 2.75 bits per heavy atom. The number of hydrogen-bond acceptors (Lipinski definition) is 0. The van der Waals surface area contributed by atoms with Gasteiger partial charge in [-0.2, -0.15) is 0 Å². The van der Waals surface area contributed by atoms with E-state index in [0.29, 0.717) is 5.56 Å². The maximum Gasteiger partial charge on any atom is 0.126 e. The summed E-state index contributed by atoms with van der Waals surface area (Å²) in [4.78, 5) is 0. The van der Waals surface area contributed by atoms with Gasteiger partial charge < -0.3 is 0 Å². The van der Waals surface area contributed by atoms with Crippen LogP contribution in [-0.4, -0.2) is 0 Å². The van der Waals surface area contributed by atoms with E-state index in [1.54, 1.807) is 13.0 Å². The van der Waals surface area contributed by atoms with Crippen molar-refractivity contribution in [2.24, 2.45) is 0 Å². The van der Waals surface area contributed by atoms with E-state index >= 15 is 0 Å². The lowest BCUT2D eigenvalue weighted by Crippen LogP contribution is -1.88. The van der Waals surface area contributed by atoms with Crippen molar-refractivity contribution in [1.29, 1.82) is 0 Å². The highest BCUT2D eigenvalue weighted by Gasteiger charge is 1.98. The summed E-state index contributed by atoms with van der Waals surface area (Å²) in [5.41, 5.74) is 1.79. The van der Waals surface area contributed by atoms with Crippen molar-refractivity contribution >= 4 is 0 Å². The van der Waals surface area contributed by atoms with Gasteiger partial charge in [0.25, 0.3) is 0 Å². The van der Waals surface area contributed by atoms with Gasteiger partial charge in [-0.3, -0.25) is 0 Å². The predicted molar refractivity (Wildman–Crippen MR) is 49.4 cm³/mol. The fraction of sp³-hybridized carbons (Fsp3) is 0.364. The summed E-state index contributed by atoms with van der Waals surface area (Å²) in [6, 6.07) is 5.42. The molecular weight excluding hydrogens is 151 g/mol. The Morgan fingerprint density at radius 2 is 2.17 bits per heavy atom. The molecule has 0 spiro atoms. The van der Waals surface area contributed by atoms with E-state index < -0.39 is 0 Å². The molecule has 12 heavy (non-hydrogen) atoms. The van der Waals surface area contributed by atoms with Crippen molar-refractivity contribution in [3.63, 3.8) is 0 Å². The Bertz CT molecular complexity index is 253. The van der Waals surface area contributed by atoms with Gasteiger partial charge in [-0.05, 0) is 37.0 Å². The van der Waals surface area contributed by atoms with Crippen molar-refractivity contribution in [2.45, 2.75) is 26.2 Å². The molecule has 0 heterocycles. The second kappa shape index (κ2) is 4.24. The van der Waals surface area contributed by atoms with Crippen molar-refractivity contribution in [2.75, 3.05) is 0 Å². The molecule has 0 atom stereocenters. The zero-order valence-corrected chi connectivity index (χ0v) is 7.44. The van der Waals surface area contributed by atoms with Crippen LogP contribution < -0.4 is 0 Å². The molecule has 1 aromatic carbocycles. The van der Waals surface area contributed by atoms with Crippen LogP contribution in [0.2, 0.25) is 0 Å². The number of benzene rings is 1. The van der Waals surface area contributed by atoms with E-state index in [0.717, 1.165) is 24.8 Å². The molecule has 1 rings (SSSR count). The summed E-state index contributed by atoms with van der Waals surface area (Å²) < 4.78 is 13.0. The monoisotopic (exact) mass is 165 g/mol. The number of unbranched alkanes of at least 4 members (excludes halogenated alkanes) is 1. The second-order valence-corrected chi connectivity index (χ2v) is 3.04. The van der Waals surface area contributed by atoms with Gasteiger partial charge >= 0.3 is 0 Å². The number of hydrogen-bond donors (Lipinski definition) is 0. The van der Waals surface area contributed by atoms with Crippen LogP contribution in [0.4, 0.5) is 4.39 Å². The SMILES string of the molecule is [CH2]CCCc1ccc(C)c(F)c1. The van der Waals surface area contributed by atoms with Crippen LogP contribution in [0.15, 0.2) is 18.2 Å². The molecule has 0 fully saturated rings. The quantitative estimate of drug-likeness (QED) is 0.644. The van der Waals surface area contributed by atoms with Gasteiger partial charge in [-0.15, -0.1) is 0 Å². The fourth-order valence-electron chi connectivity index (χ4n) is 1.12.